The number of carbonyl (C=O) groups excluding carboxylic acids is 1. The Morgan fingerprint density at radius 2 is 2.12 bits per heavy atom. The molecule has 4 heteroatoms. The number of hydrogen-bond acceptors (Lipinski definition) is 3. The molecule has 94 valence electrons. The van der Waals surface area contributed by atoms with Crippen molar-refractivity contribution in [2.24, 2.45) is 0 Å². The fraction of sp³-hybridized carbons (Fsp3) is 0.750. The van der Waals surface area contributed by atoms with Crippen LogP contribution in [0.15, 0.2) is 12.7 Å². The molecule has 4 nitrogen and oxygen atoms in total. The Bertz CT molecular complexity index is 233. The van der Waals surface area contributed by atoms with E-state index in [2.05, 4.69) is 11.9 Å². The SMILES string of the molecule is C=CCC[C@@H](O)[C@@H](C)NC(=O)OC(C)(C)C. The normalized spacial score (nSPS) is 15.1. The van der Waals surface area contributed by atoms with Gasteiger partial charge in [0.2, 0.25) is 0 Å². The fourth-order valence-corrected chi connectivity index (χ4v) is 1.13. The highest BCUT2D eigenvalue weighted by Crippen LogP contribution is 2.08. The number of nitrogens with one attached hydrogen (secondary N) is 1. The Hall–Kier alpha value is -1.03. The van der Waals surface area contributed by atoms with Gasteiger partial charge in [-0.1, -0.05) is 6.08 Å². The molecule has 0 saturated heterocycles. The van der Waals surface area contributed by atoms with Gasteiger partial charge < -0.3 is 15.2 Å². The van der Waals surface area contributed by atoms with Crippen LogP contribution in [0.3, 0.4) is 0 Å². The van der Waals surface area contributed by atoms with E-state index in [1.807, 2.05) is 0 Å². The lowest BCUT2D eigenvalue weighted by Gasteiger charge is -2.24. The van der Waals surface area contributed by atoms with Crippen molar-refractivity contribution in [2.75, 3.05) is 0 Å². The second-order valence-electron chi connectivity index (χ2n) is 4.87. The van der Waals surface area contributed by atoms with Gasteiger partial charge in [-0.05, 0) is 40.5 Å². The van der Waals surface area contributed by atoms with E-state index < -0.39 is 17.8 Å². The monoisotopic (exact) mass is 229 g/mol. The van der Waals surface area contributed by atoms with Crippen molar-refractivity contribution in [2.45, 2.75) is 58.3 Å². The van der Waals surface area contributed by atoms with Gasteiger partial charge in [-0.25, -0.2) is 4.79 Å². The lowest BCUT2D eigenvalue weighted by atomic mass is 10.1. The molecule has 0 radical (unpaired) electrons. The van der Waals surface area contributed by atoms with E-state index in [1.54, 1.807) is 33.8 Å². The maximum Gasteiger partial charge on any atom is 0.407 e. The number of aliphatic hydroxyl groups excluding tert-OH is 1. The number of aliphatic hydroxyl groups is 1. The summed E-state index contributed by atoms with van der Waals surface area (Å²) in [5.74, 6) is 0. The zero-order chi connectivity index (χ0) is 12.8. The number of ether oxygens (including phenoxy) is 1. The molecular formula is C12H23NO3. The van der Waals surface area contributed by atoms with Crippen molar-refractivity contribution in [1.29, 1.82) is 0 Å². The first kappa shape index (κ1) is 15.0. The summed E-state index contributed by atoms with van der Waals surface area (Å²) in [4.78, 5) is 11.4. The Kier molecular flexibility index (Phi) is 6.11. The number of hydrogen-bond donors (Lipinski definition) is 2. The average molecular weight is 229 g/mol. The molecule has 1 amide bonds. The summed E-state index contributed by atoms with van der Waals surface area (Å²) in [5, 5.41) is 12.3. The van der Waals surface area contributed by atoms with Crippen LogP contribution >= 0.6 is 0 Å². The molecule has 0 aromatic heterocycles. The Morgan fingerprint density at radius 3 is 2.56 bits per heavy atom. The van der Waals surface area contributed by atoms with Crippen LogP contribution in [0.25, 0.3) is 0 Å². The molecule has 0 fully saturated rings. The molecule has 0 bridgehead atoms. The number of rotatable bonds is 5. The van der Waals surface area contributed by atoms with Crippen LogP contribution in [0.2, 0.25) is 0 Å². The van der Waals surface area contributed by atoms with E-state index in [-0.39, 0.29) is 6.04 Å². The lowest BCUT2D eigenvalue weighted by molar-refractivity contribution is 0.0430. The van der Waals surface area contributed by atoms with Crippen molar-refractivity contribution in [3.8, 4) is 0 Å². The van der Waals surface area contributed by atoms with Gasteiger partial charge in [-0.15, -0.1) is 6.58 Å². The number of allylic oxidation sites excluding steroid dienone is 1. The molecule has 0 aliphatic carbocycles. The van der Waals surface area contributed by atoms with E-state index in [9.17, 15) is 9.90 Å². The second kappa shape index (κ2) is 6.53. The quantitative estimate of drug-likeness (QED) is 0.711. The maximum atomic E-state index is 11.4. The molecular weight excluding hydrogens is 206 g/mol. The molecule has 0 unspecified atom stereocenters. The van der Waals surface area contributed by atoms with Crippen LogP contribution < -0.4 is 5.32 Å². The summed E-state index contributed by atoms with van der Waals surface area (Å²) in [6, 6.07) is -0.324. The van der Waals surface area contributed by atoms with E-state index in [1.165, 1.54) is 0 Å². The van der Waals surface area contributed by atoms with Gasteiger partial charge in [0.05, 0.1) is 12.1 Å². The largest absolute Gasteiger partial charge is 0.444 e. The van der Waals surface area contributed by atoms with E-state index >= 15 is 0 Å². The first-order chi connectivity index (χ1) is 7.26. The third-order valence-corrected chi connectivity index (χ3v) is 1.99. The highest BCUT2D eigenvalue weighted by molar-refractivity contribution is 5.68. The zero-order valence-electron chi connectivity index (χ0n) is 10.6. The van der Waals surface area contributed by atoms with Gasteiger partial charge in [0.1, 0.15) is 5.60 Å². The lowest BCUT2D eigenvalue weighted by Crippen LogP contribution is -2.43. The summed E-state index contributed by atoms with van der Waals surface area (Å²) >= 11 is 0. The smallest absolute Gasteiger partial charge is 0.407 e. The molecule has 0 aromatic rings. The van der Waals surface area contributed by atoms with E-state index in [0.29, 0.717) is 6.42 Å². The predicted molar refractivity (Wildman–Crippen MR) is 64.3 cm³/mol. The summed E-state index contributed by atoms with van der Waals surface area (Å²) in [7, 11) is 0. The van der Waals surface area contributed by atoms with Gasteiger partial charge in [-0.3, -0.25) is 0 Å². The average Bonchev–Trinajstić information content (AvgIpc) is 2.10. The number of amides is 1. The van der Waals surface area contributed by atoms with Crippen molar-refractivity contribution in [3.05, 3.63) is 12.7 Å². The van der Waals surface area contributed by atoms with Crippen LogP contribution in [0.5, 0.6) is 0 Å². The minimum atomic E-state index is -0.578. The molecule has 0 aliphatic rings. The predicted octanol–water partition coefficient (Wildman–Crippen LogP) is 2.23. The molecule has 2 N–H and O–H groups in total. The van der Waals surface area contributed by atoms with Gasteiger partial charge in [0.25, 0.3) is 0 Å². The third kappa shape index (κ3) is 7.29. The van der Waals surface area contributed by atoms with Gasteiger partial charge in [-0.2, -0.15) is 0 Å². The van der Waals surface area contributed by atoms with Crippen molar-refractivity contribution >= 4 is 6.09 Å². The number of alkyl carbamates (subject to hydrolysis) is 1. The molecule has 0 aromatic carbocycles. The Balaban J connectivity index is 3.98. The summed E-state index contributed by atoms with van der Waals surface area (Å²) in [5.41, 5.74) is -0.518. The molecule has 0 aliphatic heterocycles. The third-order valence-electron chi connectivity index (χ3n) is 1.99. The number of carbonyl (C=O) groups is 1. The van der Waals surface area contributed by atoms with Crippen LogP contribution in [0, 0.1) is 0 Å². The van der Waals surface area contributed by atoms with Crippen molar-refractivity contribution in [1.82, 2.24) is 5.32 Å². The molecule has 16 heavy (non-hydrogen) atoms. The first-order valence-corrected chi connectivity index (χ1v) is 5.54. The first-order valence-electron chi connectivity index (χ1n) is 5.54. The highest BCUT2D eigenvalue weighted by atomic mass is 16.6. The van der Waals surface area contributed by atoms with Crippen molar-refractivity contribution in [3.63, 3.8) is 0 Å². The van der Waals surface area contributed by atoms with Gasteiger partial charge in [0.15, 0.2) is 0 Å². The summed E-state index contributed by atoms with van der Waals surface area (Å²) < 4.78 is 5.08. The van der Waals surface area contributed by atoms with Crippen LogP contribution in [0.1, 0.15) is 40.5 Å². The van der Waals surface area contributed by atoms with Crippen LogP contribution in [-0.2, 0) is 4.74 Å². The molecule has 0 heterocycles. The minimum Gasteiger partial charge on any atom is -0.444 e. The molecule has 0 rings (SSSR count). The Labute approximate surface area is 97.7 Å². The topological polar surface area (TPSA) is 58.6 Å². The molecule has 0 spiro atoms. The van der Waals surface area contributed by atoms with E-state index in [0.717, 1.165) is 6.42 Å². The molecule has 2 atom stereocenters. The summed E-state index contributed by atoms with van der Waals surface area (Å²) in [6.07, 6.45) is 1.97. The second-order valence-corrected chi connectivity index (χ2v) is 4.87. The van der Waals surface area contributed by atoms with Crippen molar-refractivity contribution < 1.29 is 14.6 Å². The van der Waals surface area contributed by atoms with Crippen LogP contribution in [-0.4, -0.2) is 28.9 Å². The molecule has 0 saturated carbocycles. The van der Waals surface area contributed by atoms with E-state index in [4.69, 9.17) is 4.74 Å². The maximum absolute atomic E-state index is 11.4. The summed E-state index contributed by atoms with van der Waals surface area (Å²) in [6.45, 7) is 10.7. The van der Waals surface area contributed by atoms with Gasteiger partial charge >= 0.3 is 6.09 Å². The highest BCUT2D eigenvalue weighted by Gasteiger charge is 2.20. The van der Waals surface area contributed by atoms with Gasteiger partial charge in [0, 0.05) is 0 Å². The van der Waals surface area contributed by atoms with Crippen LogP contribution in [0.4, 0.5) is 4.79 Å². The Morgan fingerprint density at radius 1 is 1.56 bits per heavy atom. The minimum absolute atomic E-state index is 0.324. The fourth-order valence-electron chi connectivity index (χ4n) is 1.13. The standard InChI is InChI=1S/C12H23NO3/c1-6-7-8-10(14)9(2)13-11(15)16-12(3,4)5/h6,9-10,14H,1,7-8H2,2-5H3,(H,13,15)/t9-,10-/m1/s1. The zero-order valence-corrected chi connectivity index (χ0v) is 10.6.